The van der Waals surface area contributed by atoms with Crippen molar-refractivity contribution in [3.8, 4) is 44.8 Å². The Bertz CT molecular complexity index is 4780. The van der Waals surface area contributed by atoms with Crippen molar-refractivity contribution in [3.05, 3.63) is 206 Å². The van der Waals surface area contributed by atoms with Gasteiger partial charge in [0.15, 0.2) is 0 Å². The van der Waals surface area contributed by atoms with Crippen LogP contribution in [0.25, 0.3) is 110 Å². The molecular weight excluding hydrogens is 693 g/mol. The standard InChI is InChI=1S/C54H34N2O/c1-3-14-35(15-4-1)37-18-11-19-39(32-37)56-50-27-10-7-20-43(50)46-24-12-22-41(53(46)56)38-28-31-51-48(33-38)44-21-8-9-26-49(44)55(51)40-29-30-45-47-25-13-23-42(36-16-5-2-6-17-36)54(47)57-52(45)34-40/h1-34H/i2D,5D,6D,7D,8D,9D,10D,12D,13D,16D,17D,20D,21D,23D,24D,25D,26D,27D,28D,30D,31D,33D. The average Bonchev–Trinajstić information content (AvgIpc) is 3.08. The van der Waals surface area contributed by atoms with Gasteiger partial charge < -0.3 is 13.6 Å². The summed E-state index contributed by atoms with van der Waals surface area (Å²) in [5, 5.41) is -1.21. The highest BCUT2D eigenvalue weighted by molar-refractivity contribution is 6.16. The maximum atomic E-state index is 10.2. The van der Waals surface area contributed by atoms with E-state index >= 15 is 0 Å². The first-order valence-corrected chi connectivity index (χ1v) is 17.7. The van der Waals surface area contributed by atoms with Gasteiger partial charge in [-0.3, -0.25) is 0 Å². The Hall–Kier alpha value is -7.62. The molecule has 57 heavy (non-hydrogen) atoms. The smallest absolute Gasteiger partial charge is 0.143 e. The molecule has 0 aliphatic heterocycles. The minimum absolute atomic E-state index is 0.0304. The van der Waals surface area contributed by atoms with Gasteiger partial charge in [-0.25, -0.2) is 0 Å². The summed E-state index contributed by atoms with van der Waals surface area (Å²) in [7, 11) is 0. The lowest BCUT2D eigenvalue weighted by Crippen LogP contribution is -1.96. The van der Waals surface area contributed by atoms with Crippen molar-refractivity contribution in [2.75, 3.05) is 0 Å². The number of nitrogens with zero attached hydrogens (tertiary/aromatic N) is 2. The lowest BCUT2D eigenvalue weighted by molar-refractivity contribution is 0.669. The minimum atomic E-state index is -0.749. The highest BCUT2D eigenvalue weighted by atomic mass is 16.3. The molecule has 12 rings (SSSR count). The summed E-state index contributed by atoms with van der Waals surface area (Å²) >= 11 is 0. The van der Waals surface area contributed by atoms with Crippen LogP contribution in [0.3, 0.4) is 0 Å². The summed E-state index contributed by atoms with van der Waals surface area (Å²) in [6.45, 7) is 0. The van der Waals surface area contributed by atoms with Crippen LogP contribution in [0, 0.1) is 0 Å². The third-order valence-corrected chi connectivity index (χ3v) is 10.1. The summed E-state index contributed by atoms with van der Waals surface area (Å²) < 4.78 is 208. The van der Waals surface area contributed by atoms with Gasteiger partial charge in [-0.15, -0.1) is 0 Å². The second-order valence-electron chi connectivity index (χ2n) is 13.2. The molecular formula is C54H34N2O. The van der Waals surface area contributed by atoms with Crippen molar-refractivity contribution in [2.45, 2.75) is 0 Å². The van der Waals surface area contributed by atoms with E-state index in [1.54, 1.807) is 18.2 Å². The Morgan fingerprint density at radius 2 is 1.09 bits per heavy atom. The van der Waals surface area contributed by atoms with Gasteiger partial charge in [0.05, 0.1) is 52.2 Å². The monoisotopic (exact) mass is 748 g/mol. The topological polar surface area (TPSA) is 23.0 Å². The molecule has 266 valence electrons. The number of rotatable bonds is 5. The van der Waals surface area contributed by atoms with Gasteiger partial charge in [0.1, 0.15) is 11.2 Å². The van der Waals surface area contributed by atoms with Crippen LogP contribution in [0.1, 0.15) is 30.2 Å². The molecule has 0 radical (unpaired) electrons. The van der Waals surface area contributed by atoms with E-state index < -0.39 is 144 Å². The lowest BCUT2D eigenvalue weighted by atomic mass is 9.99. The van der Waals surface area contributed by atoms with Crippen molar-refractivity contribution >= 4 is 65.6 Å². The molecule has 0 bridgehead atoms. The number of furan rings is 1. The molecule has 3 heteroatoms. The maximum absolute atomic E-state index is 10.2. The summed E-state index contributed by atoms with van der Waals surface area (Å²) in [6.07, 6.45) is 0. The third kappa shape index (κ3) is 4.86. The molecule has 9 aromatic carbocycles. The van der Waals surface area contributed by atoms with E-state index in [4.69, 9.17) is 20.9 Å². The zero-order valence-electron chi connectivity index (χ0n) is 51.2. The van der Waals surface area contributed by atoms with E-state index in [0.29, 0.717) is 11.3 Å². The van der Waals surface area contributed by atoms with Crippen LogP contribution in [-0.2, 0) is 0 Å². The summed E-state index contributed by atoms with van der Waals surface area (Å²) in [6, 6.07) is 5.79. The first-order chi connectivity index (χ1) is 37.4. The van der Waals surface area contributed by atoms with Crippen LogP contribution in [0.4, 0.5) is 0 Å². The van der Waals surface area contributed by atoms with E-state index in [9.17, 15) is 13.7 Å². The van der Waals surface area contributed by atoms with Crippen LogP contribution < -0.4 is 0 Å². The van der Waals surface area contributed by atoms with Crippen LogP contribution in [-0.4, -0.2) is 9.13 Å². The van der Waals surface area contributed by atoms with E-state index in [-0.39, 0.29) is 82.4 Å². The Labute approximate surface area is 359 Å². The maximum Gasteiger partial charge on any atom is 0.143 e. The van der Waals surface area contributed by atoms with Crippen molar-refractivity contribution in [1.29, 1.82) is 0 Å². The van der Waals surface area contributed by atoms with E-state index in [2.05, 4.69) is 0 Å². The minimum Gasteiger partial charge on any atom is -0.455 e. The zero-order chi connectivity index (χ0) is 56.6. The van der Waals surface area contributed by atoms with Gasteiger partial charge in [0.2, 0.25) is 0 Å². The average molecular weight is 749 g/mol. The largest absolute Gasteiger partial charge is 0.455 e. The third-order valence-electron chi connectivity index (χ3n) is 10.1. The van der Waals surface area contributed by atoms with Crippen molar-refractivity contribution < 1.29 is 34.6 Å². The SMILES string of the molecule is [2H]c1cc(-c2c([2H])c([2H])c3c(c2[2H])c2c([2H])c([2H])c([2H])c([2H])c2n3-c2cc([2H])c3c(c2)oc2c(-c4c([2H])c([2H])c([2H])c([2H])c4[2H])c([2H])c([2H])c([2H])c23)c2c(c1[2H])c1c([2H])c([2H])c([2H])c([2H])c1n2-c1cccc(-c2ccccc2)c1. The first kappa shape index (κ1) is 17.0. The summed E-state index contributed by atoms with van der Waals surface area (Å²) in [5.74, 6) is 0. The molecule has 0 fully saturated rings. The highest BCUT2D eigenvalue weighted by Gasteiger charge is 2.20. The molecule has 0 unspecified atom stereocenters. The molecule has 0 saturated heterocycles. The van der Waals surface area contributed by atoms with Crippen LogP contribution >= 0.6 is 0 Å². The number of para-hydroxylation sites is 4. The fraction of sp³-hybridized carbons (Fsp3) is 0. The number of hydrogen-bond donors (Lipinski definition) is 0. The van der Waals surface area contributed by atoms with Gasteiger partial charge in [-0.2, -0.15) is 0 Å². The number of benzene rings is 9. The zero-order valence-corrected chi connectivity index (χ0v) is 29.2. The fourth-order valence-corrected chi connectivity index (χ4v) is 7.64. The van der Waals surface area contributed by atoms with Crippen LogP contribution in [0.5, 0.6) is 0 Å². The molecule has 3 nitrogen and oxygen atoms in total. The fourth-order valence-electron chi connectivity index (χ4n) is 7.64. The van der Waals surface area contributed by atoms with Gasteiger partial charge >= 0.3 is 0 Å². The molecule has 3 heterocycles. The number of aromatic nitrogens is 2. The summed E-state index contributed by atoms with van der Waals surface area (Å²) in [5.41, 5.74) is -1.16. The van der Waals surface area contributed by atoms with E-state index in [0.717, 1.165) is 10.1 Å². The quantitative estimate of drug-likeness (QED) is 0.172. The Morgan fingerprint density at radius 3 is 1.95 bits per heavy atom. The second-order valence-corrected chi connectivity index (χ2v) is 13.2. The Balaban J connectivity index is 1.22. The van der Waals surface area contributed by atoms with Crippen molar-refractivity contribution in [2.24, 2.45) is 0 Å². The molecule has 0 N–H and O–H groups in total. The lowest BCUT2D eigenvalue weighted by Gasteiger charge is -2.14. The molecule has 0 aliphatic rings. The molecule has 3 aromatic heterocycles. The van der Waals surface area contributed by atoms with Gasteiger partial charge in [0.25, 0.3) is 0 Å². The predicted octanol–water partition coefficient (Wildman–Crippen LogP) is 14.8. The van der Waals surface area contributed by atoms with Gasteiger partial charge in [-0.1, -0.05) is 151 Å². The molecule has 0 atom stereocenters. The Morgan fingerprint density at radius 1 is 0.386 bits per heavy atom. The normalized spacial score (nSPS) is 17.3. The molecule has 0 saturated carbocycles. The van der Waals surface area contributed by atoms with Crippen LogP contribution in [0.15, 0.2) is 210 Å². The van der Waals surface area contributed by atoms with Gasteiger partial charge in [0, 0.05) is 60.9 Å². The summed E-state index contributed by atoms with van der Waals surface area (Å²) in [4.78, 5) is 0. The van der Waals surface area contributed by atoms with Gasteiger partial charge in [-0.05, 0) is 70.7 Å². The highest BCUT2D eigenvalue weighted by Crippen LogP contribution is 2.42. The molecule has 0 aliphatic carbocycles. The number of fused-ring (bicyclic) bond motifs is 9. The predicted molar refractivity (Wildman–Crippen MR) is 239 cm³/mol. The Kier molecular flexibility index (Phi) is 3.72. The molecule has 0 spiro atoms. The molecule has 0 amide bonds. The molecule has 12 aromatic rings. The first-order valence-electron chi connectivity index (χ1n) is 28.7. The number of hydrogen-bond acceptors (Lipinski definition) is 1. The second kappa shape index (κ2) is 12.5. The van der Waals surface area contributed by atoms with E-state index in [1.807, 2.05) is 36.4 Å². The van der Waals surface area contributed by atoms with Crippen molar-refractivity contribution in [3.63, 3.8) is 0 Å². The van der Waals surface area contributed by atoms with Crippen molar-refractivity contribution in [1.82, 2.24) is 9.13 Å². The van der Waals surface area contributed by atoms with Crippen LogP contribution in [0.2, 0.25) is 0 Å². The van der Waals surface area contributed by atoms with E-state index in [1.165, 1.54) is 22.8 Å².